The van der Waals surface area contributed by atoms with Crippen molar-refractivity contribution in [2.75, 3.05) is 13.1 Å². The van der Waals surface area contributed by atoms with Crippen molar-refractivity contribution in [3.63, 3.8) is 0 Å². The Labute approximate surface area is 151 Å². The first-order chi connectivity index (χ1) is 12.4. The Bertz CT molecular complexity index is 706. The molecule has 0 spiro atoms. The van der Waals surface area contributed by atoms with Crippen LogP contribution >= 0.6 is 7.60 Å². The third-order valence-electron chi connectivity index (χ3n) is 4.87. The molecule has 2 aliphatic heterocycles. The Balaban J connectivity index is 1.64. The van der Waals surface area contributed by atoms with Crippen molar-refractivity contribution >= 4 is 19.6 Å². The number of nitrogens with zero attached hydrogens (tertiary/aromatic N) is 2. The number of benzene rings is 1. The topological polar surface area (TPSA) is 107 Å². The van der Waals surface area contributed by atoms with Crippen LogP contribution < -0.4 is 0 Å². The quantitative estimate of drug-likeness (QED) is 0.771. The Morgan fingerprint density at radius 2 is 1.73 bits per heavy atom. The van der Waals surface area contributed by atoms with Crippen molar-refractivity contribution < 1.29 is 28.7 Å². The zero-order chi connectivity index (χ0) is 18.7. The number of rotatable bonds is 4. The van der Waals surface area contributed by atoms with Crippen molar-refractivity contribution in [1.29, 1.82) is 0 Å². The zero-order valence-electron chi connectivity index (χ0n) is 14.4. The molecule has 2 heterocycles. The Kier molecular flexibility index (Phi) is 5.65. The van der Waals surface area contributed by atoms with Crippen LogP contribution in [0.5, 0.6) is 0 Å². The summed E-state index contributed by atoms with van der Waals surface area (Å²) in [6.07, 6.45) is 1.39. The highest BCUT2D eigenvalue weighted by molar-refractivity contribution is 7.52. The van der Waals surface area contributed by atoms with E-state index in [1.54, 1.807) is 0 Å². The van der Waals surface area contributed by atoms with Gasteiger partial charge in [0.25, 0.3) is 0 Å². The Hall–Kier alpha value is -1.89. The van der Waals surface area contributed by atoms with E-state index in [1.165, 1.54) is 9.80 Å². The maximum absolute atomic E-state index is 12.8. The van der Waals surface area contributed by atoms with Crippen molar-refractivity contribution in [3.8, 4) is 0 Å². The number of amides is 2. The third kappa shape index (κ3) is 4.09. The highest BCUT2D eigenvalue weighted by atomic mass is 31.2. The van der Waals surface area contributed by atoms with Gasteiger partial charge in [0.05, 0.1) is 0 Å². The fourth-order valence-electron chi connectivity index (χ4n) is 3.59. The van der Waals surface area contributed by atoms with Gasteiger partial charge in [-0.05, 0) is 31.2 Å². The van der Waals surface area contributed by atoms with Gasteiger partial charge in [-0.3, -0.25) is 14.3 Å². The summed E-state index contributed by atoms with van der Waals surface area (Å²) in [5.41, 5.74) is 0.851. The average Bonchev–Trinajstić information content (AvgIpc) is 3.28. The fraction of sp³-hybridized carbons (Fsp3) is 0.529. The van der Waals surface area contributed by atoms with E-state index >= 15 is 0 Å². The number of carbonyl (C=O) groups excluding carboxylic acids is 2. The van der Waals surface area contributed by atoms with Crippen LogP contribution in [0.3, 0.4) is 0 Å². The van der Waals surface area contributed by atoms with Crippen molar-refractivity contribution in [2.24, 2.45) is 0 Å². The highest BCUT2D eigenvalue weighted by Gasteiger charge is 2.45. The van der Waals surface area contributed by atoms with Crippen LogP contribution in [0.1, 0.15) is 31.2 Å². The predicted octanol–water partition coefficient (Wildman–Crippen LogP) is 1.91. The number of likely N-dealkylation sites (tertiary alicyclic amines) is 2. The molecule has 9 heteroatoms. The predicted molar refractivity (Wildman–Crippen MR) is 93.1 cm³/mol. The van der Waals surface area contributed by atoms with Crippen LogP contribution in [0, 0.1) is 0 Å². The molecular weight excluding hydrogens is 359 g/mol. The van der Waals surface area contributed by atoms with Crippen molar-refractivity contribution in [3.05, 3.63) is 35.9 Å². The van der Waals surface area contributed by atoms with E-state index in [1.807, 2.05) is 30.3 Å². The van der Waals surface area contributed by atoms with Crippen LogP contribution in [0.4, 0.5) is 4.79 Å². The lowest BCUT2D eigenvalue weighted by atomic mass is 10.2. The minimum absolute atomic E-state index is 0.117. The van der Waals surface area contributed by atoms with Crippen molar-refractivity contribution in [2.45, 2.75) is 44.1 Å². The molecule has 2 fully saturated rings. The standard InChI is InChI=1S/C17H23N2O6P/c20-16(19-11-5-9-15(19)26(22,23)24)14-8-4-10-18(14)17(21)25-12-13-6-2-1-3-7-13/h1-3,6-7,14-15H,4-5,8-12H2,(H2,22,23,24)/t14-,15?/m0/s1. The maximum Gasteiger partial charge on any atom is 0.410 e. The highest BCUT2D eigenvalue weighted by Crippen LogP contribution is 2.48. The maximum atomic E-state index is 12.8. The molecule has 142 valence electrons. The summed E-state index contributed by atoms with van der Waals surface area (Å²) in [4.78, 5) is 46.8. The van der Waals surface area contributed by atoms with Crippen LogP contribution in [0.25, 0.3) is 0 Å². The molecule has 0 bridgehead atoms. The minimum atomic E-state index is -4.39. The van der Waals surface area contributed by atoms with Gasteiger partial charge in [0.1, 0.15) is 18.4 Å². The van der Waals surface area contributed by atoms with Gasteiger partial charge >= 0.3 is 13.7 Å². The number of carbonyl (C=O) groups is 2. The van der Waals surface area contributed by atoms with Crippen LogP contribution in [0.15, 0.2) is 30.3 Å². The lowest BCUT2D eigenvalue weighted by Gasteiger charge is -2.31. The molecule has 1 unspecified atom stereocenters. The third-order valence-corrected chi connectivity index (χ3v) is 6.18. The van der Waals surface area contributed by atoms with E-state index in [0.29, 0.717) is 32.4 Å². The van der Waals surface area contributed by atoms with Gasteiger partial charge in [0.2, 0.25) is 5.91 Å². The SMILES string of the molecule is O=C([C@@H]1CCCN1C(=O)OCc1ccccc1)N1CCCC1P(=O)(O)O. The molecule has 2 atom stereocenters. The number of ether oxygens (including phenoxy) is 1. The van der Waals surface area contributed by atoms with E-state index in [-0.39, 0.29) is 13.0 Å². The van der Waals surface area contributed by atoms with E-state index in [9.17, 15) is 23.9 Å². The molecule has 2 aliphatic rings. The Morgan fingerprint density at radius 3 is 2.42 bits per heavy atom. The van der Waals surface area contributed by atoms with E-state index < -0.39 is 31.4 Å². The summed E-state index contributed by atoms with van der Waals surface area (Å²) in [7, 11) is -4.39. The summed E-state index contributed by atoms with van der Waals surface area (Å²) in [5.74, 6) is -1.48. The molecule has 0 aliphatic carbocycles. The van der Waals surface area contributed by atoms with Gasteiger partial charge in [-0.2, -0.15) is 0 Å². The Morgan fingerprint density at radius 1 is 1.08 bits per heavy atom. The molecule has 26 heavy (non-hydrogen) atoms. The normalized spacial score (nSPS) is 23.3. The summed E-state index contributed by atoms with van der Waals surface area (Å²) < 4.78 is 16.9. The van der Waals surface area contributed by atoms with E-state index in [4.69, 9.17) is 4.74 Å². The van der Waals surface area contributed by atoms with Gasteiger partial charge in [-0.1, -0.05) is 30.3 Å². The first-order valence-corrected chi connectivity index (χ1v) is 10.4. The van der Waals surface area contributed by atoms with Crippen LogP contribution in [0.2, 0.25) is 0 Å². The second-order valence-electron chi connectivity index (χ2n) is 6.64. The molecule has 0 aromatic heterocycles. The molecule has 8 nitrogen and oxygen atoms in total. The summed E-state index contributed by atoms with van der Waals surface area (Å²) in [6, 6.07) is 8.53. The van der Waals surface area contributed by atoms with Gasteiger partial charge < -0.3 is 19.4 Å². The molecule has 2 N–H and O–H groups in total. The van der Waals surface area contributed by atoms with Gasteiger partial charge in [0, 0.05) is 13.1 Å². The van der Waals surface area contributed by atoms with Crippen molar-refractivity contribution in [1.82, 2.24) is 9.80 Å². The van der Waals surface area contributed by atoms with Gasteiger partial charge in [-0.25, -0.2) is 4.79 Å². The van der Waals surface area contributed by atoms with E-state index in [0.717, 1.165) is 5.56 Å². The van der Waals surface area contributed by atoms with Gasteiger partial charge in [-0.15, -0.1) is 0 Å². The largest absolute Gasteiger partial charge is 0.445 e. The molecule has 2 saturated heterocycles. The molecule has 0 saturated carbocycles. The lowest BCUT2D eigenvalue weighted by molar-refractivity contribution is -0.135. The molecule has 3 rings (SSSR count). The molecule has 1 aromatic carbocycles. The van der Waals surface area contributed by atoms with Crippen LogP contribution in [-0.4, -0.2) is 56.5 Å². The molecule has 1 aromatic rings. The summed E-state index contributed by atoms with van der Waals surface area (Å²) >= 11 is 0. The first-order valence-electron chi connectivity index (χ1n) is 8.71. The lowest BCUT2D eigenvalue weighted by Crippen LogP contribution is -2.49. The molecule has 2 amide bonds. The van der Waals surface area contributed by atoms with E-state index in [2.05, 4.69) is 0 Å². The zero-order valence-corrected chi connectivity index (χ0v) is 15.3. The second kappa shape index (κ2) is 7.78. The summed E-state index contributed by atoms with van der Waals surface area (Å²) in [6.45, 7) is 0.822. The molecule has 0 radical (unpaired) electrons. The fourth-order valence-corrected chi connectivity index (χ4v) is 4.70. The summed E-state index contributed by atoms with van der Waals surface area (Å²) in [5, 5.41) is 0. The van der Waals surface area contributed by atoms with Gasteiger partial charge in [0.15, 0.2) is 0 Å². The number of hydrogen-bond donors (Lipinski definition) is 2. The number of hydrogen-bond acceptors (Lipinski definition) is 4. The monoisotopic (exact) mass is 382 g/mol. The molecular formula is C17H23N2O6P. The second-order valence-corrected chi connectivity index (χ2v) is 8.41. The minimum Gasteiger partial charge on any atom is -0.445 e. The first kappa shape index (κ1) is 18.9. The van der Waals surface area contributed by atoms with Crippen LogP contribution in [-0.2, 0) is 20.7 Å². The smallest absolute Gasteiger partial charge is 0.410 e. The average molecular weight is 382 g/mol.